The van der Waals surface area contributed by atoms with Crippen molar-refractivity contribution in [3.8, 4) is 0 Å². The topological polar surface area (TPSA) is 59.2 Å². The third kappa shape index (κ3) is 2.33. The number of carbonyl (C=O) groups excluding carboxylic acids is 1. The normalized spacial score (nSPS) is 17.3. The van der Waals surface area contributed by atoms with Gasteiger partial charge in [0.25, 0.3) is 0 Å². The van der Waals surface area contributed by atoms with E-state index in [1.54, 1.807) is 4.90 Å². The quantitative estimate of drug-likeness (QED) is 0.868. The number of amides is 1. The molecule has 0 fully saturated rings. The van der Waals surface area contributed by atoms with Gasteiger partial charge in [-0.25, -0.2) is 0 Å². The van der Waals surface area contributed by atoms with Gasteiger partial charge in [-0.15, -0.1) is 0 Å². The van der Waals surface area contributed by atoms with Crippen molar-refractivity contribution in [1.82, 2.24) is 10.1 Å². The van der Waals surface area contributed by atoms with E-state index in [4.69, 9.17) is 4.52 Å². The molecular weight excluding hydrogens is 266 g/mol. The van der Waals surface area contributed by atoms with Gasteiger partial charge in [-0.2, -0.15) is 4.98 Å². The Bertz CT molecular complexity index is 663. The minimum atomic E-state index is -0.185. The predicted molar refractivity (Wildman–Crippen MR) is 79.1 cm³/mol. The second kappa shape index (κ2) is 5.31. The van der Waals surface area contributed by atoms with E-state index in [1.165, 1.54) is 0 Å². The molecule has 110 valence electrons. The maximum absolute atomic E-state index is 12.3. The van der Waals surface area contributed by atoms with Crippen LogP contribution >= 0.6 is 0 Å². The average Bonchev–Trinajstić information content (AvgIpc) is 3.10. The van der Waals surface area contributed by atoms with E-state index in [0.717, 1.165) is 17.7 Å². The lowest BCUT2D eigenvalue weighted by atomic mass is 10.1. The number of carbonyl (C=O) groups is 1. The van der Waals surface area contributed by atoms with Crippen LogP contribution in [0.5, 0.6) is 0 Å². The van der Waals surface area contributed by atoms with Crippen LogP contribution in [0.3, 0.4) is 0 Å². The highest BCUT2D eigenvalue weighted by molar-refractivity contribution is 5.96. The number of nitrogens with zero attached hydrogens (tertiary/aromatic N) is 3. The van der Waals surface area contributed by atoms with Gasteiger partial charge in [0.15, 0.2) is 5.82 Å². The van der Waals surface area contributed by atoms with Crippen LogP contribution in [-0.4, -0.2) is 16.0 Å². The van der Waals surface area contributed by atoms with Crippen molar-refractivity contribution < 1.29 is 9.32 Å². The zero-order valence-corrected chi connectivity index (χ0v) is 12.5. The fourth-order valence-corrected chi connectivity index (χ4v) is 2.68. The Morgan fingerprint density at radius 2 is 2.19 bits per heavy atom. The zero-order chi connectivity index (χ0) is 15.0. The molecule has 1 unspecified atom stereocenters. The Balaban J connectivity index is 2.00. The number of para-hydroxylation sites is 1. The number of benzene rings is 1. The number of anilines is 1. The van der Waals surface area contributed by atoms with E-state index >= 15 is 0 Å². The molecule has 1 aliphatic rings. The molecule has 1 aromatic carbocycles. The highest BCUT2D eigenvalue weighted by atomic mass is 16.5. The Labute approximate surface area is 124 Å². The van der Waals surface area contributed by atoms with Crippen LogP contribution in [0.4, 0.5) is 5.69 Å². The standard InChI is InChI=1S/C16H19N3O2/c1-4-14(20)19-12-8-6-5-7-11(12)9-13(19)16-17-15(10(2)3)18-21-16/h5-8,10,13H,4,9H2,1-3H3. The van der Waals surface area contributed by atoms with Gasteiger partial charge in [0.1, 0.15) is 6.04 Å². The summed E-state index contributed by atoms with van der Waals surface area (Å²) in [5, 5.41) is 4.02. The summed E-state index contributed by atoms with van der Waals surface area (Å²) in [4.78, 5) is 18.6. The Kier molecular flexibility index (Phi) is 3.49. The summed E-state index contributed by atoms with van der Waals surface area (Å²) >= 11 is 0. The molecular formula is C16H19N3O2. The van der Waals surface area contributed by atoms with E-state index in [9.17, 15) is 4.79 Å². The number of fused-ring (bicyclic) bond motifs is 1. The lowest BCUT2D eigenvalue weighted by molar-refractivity contribution is -0.118. The zero-order valence-electron chi connectivity index (χ0n) is 12.5. The molecule has 0 radical (unpaired) electrons. The first-order valence-electron chi connectivity index (χ1n) is 7.35. The second-order valence-electron chi connectivity index (χ2n) is 5.61. The molecule has 5 nitrogen and oxygen atoms in total. The van der Waals surface area contributed by atoms with Crippen LogP contribution in [0.1, 0.15) is 56.4 Å². The van der Waals surface area contributed by atoms with Gasteiger partial charge in [-0.1, -0.05) is 44.1 Å². The first kappa shape index (κ1) is 13.8. The minimum Gasteiger partial charge on any atom is -0.337 e. The fraction of sp³-hybridized carbons (Fsp3) is 0.438. The molecule has 0 saturated carbocycles. The van der Waals surface area contributed by atoms with Crippen LogP contribution in [0, 0.1) is 0 Å². The van der Waals surface area contributed by atoms with Gasteiger partial charge in [0.2, 0.25) is 11.8 Å². The summed E-state index contributed by atoms with van der Waals surface area (Å²) in [5.74, 6) is 1.50. The molecule has 0 aliphatic carbocycles. The molecule has 1 aromatic heterocycles. The first-order chi connectivity index (χ1) is 10.1. The third-order valence-electron chi connectivity index (χ3n) is 3.81. The predicted octanol–water partition coefficient (Wildman–Crippen LogP) is 3.23. The Morgan fingerprint density at radius 3 is 2.86 bits per heavy atom. The highest BCUT2D eigenvalue weighted by Gasteiger charge is 2.37. The Hall–Kier alpha value is -2.17. The van der Waals surface area contributed by atoms with Gasteiger partial charge in [0, 0.05) is 24.4 Å². The molecule has 3 rings (SSSR count). The molecule has 2 aromatic rings. The van der Waals surface area contributed by atoms with Gasteiger partial charge < -0.3 is 4.52 Å². The highest BCUT2D eigenvalue weighted by Crippen LogP contribution is 2.40. The van der Waals surface area contributed by atoms with Crippen LogP contribution in [0.25, 0.3) is 0 Å². The number of hydrogen-bond donors (Lipinski definition) is 0. The molecule has 2 heterocycles. The molecule has 1 amide bonds. The lowest BCUT2D eigenvalue weighted by Crippen LogP contribution is -2.31. The van der Waals surface area contributed by atoms with E-state index in [0.29, 0.717) is 18.1 Å². The number of aromatic nitrogens is 2. The maximum Gasteiger partial charge on any atom is 0.250 e. The van der Waals surface area contributed by atoms with Crippen molar-refractivity contribution in [3.05, 3.63) is 41.5 Å². The molecule has 0 bridgehead atoms. The van der Waals surface area contributed by atoms with E-state index in [-0.39, 0.29) is 17.9 Å². The molecule has 1 atom stereocenters. The fourth-order valence-electron chi connectivity index (χ4n) is 2.68. The first-order valence-corrected chi connectivity index (χ1v) is 7.35. The minimum absolute atomic E-state index is 0.0780. The van der Waals surface area contributed by atoms with Crippen molar-refractivity contribution >= 4 is 11.6 Å². The van der Waals surface area contributed by atoms with Gasteiger partial charge in [0.05, 0.1) is 0 Å². The summed E-state index contributed by atoms with van der Waals surface area (Å²) in [6, 6.07) is 7.77. The summed E-state index contributed by atoms with van der Waals surface area (Å²) in [6.45, 7) is 5.91. The SMILES string of the molecule is CCC(=O)N1c2ccccc2CC1c1nc(C(C)C)no1. The molecule has 0 spiro atoms. The van der Waals surface area contributed by atoms with E-state index in [2.05, 4.69) is 10.1 Å². The number of rotatable bonds is 3. The lowest BCUT2D eigenvalue weighted by Gasteiger charge is -2.22. The third-order valence-corrected chi connectivity index (χ3v) is 3.81. The maximum atomic E-state index is 12.3. The molecule has 0 N–H and O–H groups in total. The van der Waals surface area contributed by atoms with Gasteiger partial charge in [-0.05, 0) is 11.6 Å². The summed E-state index contributed by atoms with van der Waals surface area (Å²) < 4.78 is 5.41. The summed E-state index contributed by atoms with van der Waals surface area (Å²) in [7, 11) is 0. The van der Waals surface area contributed by atoms with E-state index in [1.807, 2.05) is 45.0 Å². The van der Waals surface area contributed by atoms with Crippen LogP contribution in [0.2, 0.25) is 0 Å². The largest absolute Gasteiger partial charge is 0.337 e. The molecule has 1 aliphatic heterocycles. The van der Waals surface area contributed by atoms with Gasteiger partial charge >= 0.3 is 0 Å². The molecule has 21 heavy (non-hydrogen) atoms. The van der Waals surface area contributed by atoms with Crippen LogP contribution < -0.4 is 4.90 Å². The second-order valence-corrected chi connectivity index (χ2v) is 5.61. The van der Waals surface area contributed by atoms with Gasteiger partial charge in [-0.3, -0.25) is 9.69 Å². The van der Waals surface area contributed by atoms with E-state index < -0.39 is 0 Å². The van der Waals surface area contributed by atoms with Crippen LogP contribution in [0.15, 0.2) is 28.8 Å². The molecule has 5 heteroatoms. The summed E-state index contributed by atoms with van der Waals surface area (Å²) in [5.41, 5.74) is 2.10. The smallest absolute Gasteiger partial charge is 0.250 e. The van der Waals surface area contributed by atoms with Crippen molar-refractivity contribution in [2.75, 3.05) is 4.90 Å². The Morgan fingerprint density at radius 1 is 1.43 bits per heavy atom. The average molecular weight is 285 g/mol. The monoisotopic (exact) mass is 285 g/mol. The van der Waals surface area contributed by atoms with Crippen molar-refractivity contribution in [1.29, 1.82) is 0 Å². The van der Waals surface area contributed by atoms with Crippen LogP contribution in [-0.2, 0) is 11.2 Å². The van der Waals surface area contributed by atoms with Crippen molar-refractivity contribution in [3.63, 3.8) is 0 Å². The van der Waals surface area contributed by atoms with Crippen molar-refractivity contribution in [2.45, 2.75) is 45.6 Å². The number of hydrogen-bond acceptors (Lipinski definition) is 4. The van der Waals surface area contributed by atoms with Crippen molar-refractivity contribution in [2.24, 2.45) is 0 Å². The molecule has 0 saturated heterocycles. The summed E-state index contributed by atoms with van der Waals surface area (Å²) in [6.07, 6.45) is 1.18.